The van der Waals surface area contributed by atoms with Gasteiger partial charge in [0.15, 0.2) is 9.84 Å². The zero-order chi connectivity index (χ0) is 16.5. The van der Waals surface area contributed by atoms with Crippen LogP contribution >= 0.6 is 0 Å². The fourth-order valence-corrected chi connectivity index (χ4v) is 2.87. The van der Waals surface area contributed by atoms with Gasteiger partial charge < -0.3 is 9.84 Å². The van der Waals surface area contributed by atoms with Crippen molar-refractivity contribution in [3.05, 3.63) is 53.1 Å². The average molecular weight is 320 g/mol. The molecule has 0 fully saturated rings. The molecule has 0 saturated carbocycles. The van der Waals surface area contributed by atoms with Crippen molar-refractivity contribution in [3.63, 3.8) is 0 Å². The number of ether oxygens (including phenoxy) is 1. The number of sulfone groups is 1. The number of carboxylic acid groups (broad SMARTS) is 1. The first kappa shape index (κ1) is 16.0. The van der Waals surface area contributed by atoms with Gasteiger partial charge in [0.25, 0.3) is 0 Å². The molecule has 2 aromatic rings. The summed E-state index contributed by atoms with van der Waals surface area (Å²) in [6.07, 6.45) is 1.02. The molecule has 0 heterocycles. The van der Waals surface area contributed by atoms with E-state index in [1.54, 1.807) is 25.1 Å². The molecule has 6 heteroatoms. The summed E-state index contributed by atoms with van der Waals surface area (Å²) in [4.78, 5) is 11.0. The van der Waals surface area contributed by atoms with Gasteiger partial charge in [-0.2, -0.15) is 0 Å². The molecule has 0 unspecified atom stereocenters. The maximum atomic E-state index is 11.9. The third kappa shape index (κ3) is 3.46. The Balaban J connectivity index is 2.59. The van der Waals surface area contributed by atoms with Crippen molar-refractivity contribution in [1.29, 1.82) is 0 Å². The Morgan fingerprint density at radius 2 is 1.82 bits per heavy atom. The van der Waals surface area contributed by atoms with Crippen molar-refractivity contribution in [2.75, 3.05) is 6.26 Å². The Morgan fingerprint density at radius 3 is 2.36 bits per heavy atom. The van der Waals surface area contributed by atoms with Gasteiger partial charge in [-0.05, 0) is 49.2 Å². The van der Waals surface area contributed by atoms with Gasteiger partial charge in [-0.1, -0.05) is 12.1 Å². The zero-order valence-electron chi connectivity index (χ0n) is 12.5. The number of carboxylic acids is 1. The van der Waals surface area contributed by atoms with Crippen LogP contribution in [0.3, 0.4) is 0 Å². The summed E-state index contributed by atoms with van der Waals surface area (Å²) >= 11 is 0. The van der Waals surface area contributed by atoms with Gasteiger partial charge >= 0.3 is 5.97 Å². The molecule has 2 rings (SSSR count). The van der Waals surface area contributed by atoms with E-state index < -0.39 is 15.8 Å². The maximum Gasteiger partial charge on any atom is 0.335 e. The highest BCUT2D eigenvalue weighted by molar-refractivity contribution is 7.90. The molecule has 2 aromatic carbocycles. The second kappa shape index (κ2) is 5.81. The monoisotopic (exact) mass is 320 g/mol. The van der Waals surface area contributed by atoms with Crippen molar-refractivity contribution >= 4 is 15.8 Å². The molecule has 0 aliphatic rings. The van der Waals surface area contributed by atoms with Crippen LogP contribution in [0.5, 0.6) is 11.5 Å². The van der Waals surface area contributed by atoms with Crippen LogP contribution in [0, 0.1) is 13.8 Å². The van der Waals surface area contributed by atoms with Crippen LogP contribution in [0.4, 0.5) is 0 Å². The first-order valence-electron chi connectivity index (χ1n) is 6.51. The number of rotatable bonds is 4. The van der Waals surface area contributed by atoms with Crippen molar-refractivity contribution in [2.24, 2.45) is 0 Å². The number of aromatic carboxylic acids is 1. The second-order valence-corrected chi connectivity index (χ2v) is 7.09. The average Bonchev–Trinajstić information content (AvgIpc) is 2.36. The van der Waals surface area contributed by atoms with E-state index in [1.165, 1.54) is 6.07 Å². The first-order chi connectivity index (χ1) is 10.2. The van der Waals surface area contributed by atoms with Crippen molar-refractivity contribution < 1.29 is 23.1 Å². The van der Waals surface area contributed by atoms with E-state index in [0.29, 0.717) is 11.3 Å². The van der Waals surface area contributed by atoms with E-state index in [1.807, 2.05) is 13.0 Å². The highest BCUT2D eigenvalue weighted by Crippen LogP contribution is 2.32. The third-order valence-corrected chi connectivity index (χ3v) is 4.26. The van der Waals surface area contributed by atoms with Gasteiger partial charge in [-0.3, -0.25) is 0 Å². The summed E-state index contributed by atoms with van der Waals surface area (Å²) in [6.45, 7) is 3.49. The molecular weight excluding hydrogens is 304 g/mol. The number of hydrogen-bond acceptors (Lipinski definition) is 4. The van der Waals surface area contributed by atoms with Crippen molar-refractivity contribution in [1.82, 2.24) is 0 Å². The van der Waals surface area contributed by atoms with Crippen LogP contribution in [0.15, 0.2) is 41.3 Å². The molecule has 0 aromatic heterocycles. The molecule has 0 saturated heterocycles. The first-order valence-corrected chi connectivity index (χ1v) is 8.40. The zero-order valence-corrected chi connectivity index (χ0v) is 13.3. The summed E-state index contributed by atoms with van der Waals surface area (Å²) in [5, 5.41) is 9.14. The Hall–Kier alpha value is -2.34. The summed E-state index contributed by atoms with van der Waals surface area (Å²) < 4.78 is 29.5. The Morgan fingerprint density at radius 1 is 1.14 bits per heavy atom. The van der Waals surface area contributed by atoms with Crippen LogP contribution in [0.2, 0.25) is 0 Å². The molecule has 0 amide bonds. The molecule has 0 spiro atoms. The molecular formula is C16H16O5S. The highest BCUT2D eigenvalue weighted by atomic mass is 32.2. The normalized spacial score (nSPS) is 11.2. The lowest BCUT2D eigenvalue weighted by Gasteiger charge is -2.13. The molecule has 0 bridgehead atoms. The lowest BCUT2D eigenvalue weighted by Crippen LogP contribution is -2.06. The van der Waals surface area contributed by atoms with E-state index in [2.05, 4.69) is 0 Å². The van der Waals surface area contributed by atoms with Crippen LogP contribution in [-0.4, -0.2) is 25.7 Å². The topological polar surface area (TPSA) is 80.7 Å². The standard InChI is InChI=1S/C16H16O5S/c1-10-5-4-6-12(7-10)21-14-8-11(2)13(16(17)18)9-15(14)22(3,19)20/h4-9H,1-3H3,(H,17,18). The van der Waals surface area contributed by atoms with Gasteiger partial charge in [0.1, 0.15) is 16.4 Å². The lowest BCUT2D eigenvalue weighted by molar-refractivity contribution is 0.0696. The lowest BCUT2D eigenvalue weighted by atomic mass is 10.1. The maximum absolute atomic E-state index is 11.9. The van der Waals surface area contributed by atoms with E-state index in [-0.39, 0.29) is 16.2 Å². The van der Waals surface area contributed by atoms with E-state index in [0.717, 1.165) is 17.9 Å². The summed E-state index contributed by atoms with van der Waals surface area (Å²) in [6, 6.07) is 9.73. The molecule has 1 N–H and O–H groups in total. The molecule has 5 nitrogen and oxygen atoms in total. The number of aryl methyl sites for hydroxylation is 2. The predicted molar refractivity (Wildman–Crippen MR) is 82.5 cm³/mol. The van der Waals surface area contributed by atoms with Crippen LogP contribution in [0.1, 0.15) is 21.5 Å². The highest BCUT2D eigenvalue weighted by Gasteiger charge is 2.20. The molecule has 22 heavy (non-hydrogen) atoms. The minimum absolute atomic E-state index is 0.0583. The van der Waals surface area contributed by atoms with E-state index >= 15 is 0 Å². The van der Waals surface area contributed by atoms with Crippen LogP contribution in [-0.2, 0) is 9.84 Å². The van der Waals surface area contributed by atoms with Gasteiger partial charge in [0.05, 0.1) is 5.56 Å². The van der Waals surface area contributed by atoms with Crippen molar-refractivity contribution in [2.45, 2.75) is 18.7 Å². The van der Waals surface area contributed by atoms with Gasteiger partial charge in [0, 0.05) is 6.26 Å². The SMILES string of the molecule is Cc1cccc(Oc2cc(C)c(C(=O)O)cc2S(C)(=O)=O)c1. The third-order valence-electron chi connectivity index (χ3n) is 3.14. The summed E-state index contributed by atoms with van der Waals surface area (Å²) in [7, 11) is -3.62. The molecule has 0 aliphatic carbocycles. The van der Waals surface area contributed by atoms with Crippen LogP contribution in [0.25, 0.3) is 0 Å². The number of carbonyl (C=O) groups is 1. The fraction of sp³-hybridized carbons (Fsp3) is 0.188. The summed E-state index contributed by atoms with van der Waals surface area (Å²) in [5.74, 6) is -0.563. The molecule has 116 valence electrons. The van der Waals surface area contributed by atoms with E-state index in [4.69, 9.17) is 9.84 Å². The minimum Gasteiger partial charge on any atom is -0.478 e. The number of benzene rings is 2. The van der Waals surface area contributed by atoms with Crippen molar-refractivity contribution in [3.8, 4) is 11.5 Å². The minimum atomic E-state index is -3.62. The molecule has 0 aliphatic heterocycles. The van der Waals surface area contributed by atoms with Gasteiger partial charge in [0.2, 0.25) is 0 Å². The van der Waals surface area contributed by atoms with Gasteiger partial charge in [-0.15, -0.1) is 0 Å². The predicted octanol–water partition coefficient (Wildman–Crippen LogP) is 3.20. The molecule has 0 radical (unpaired) electrons. The summed E-state index contributed by atoms with van der Waals surface area (Å²) in [5.41, 5.74) is 1.34. The smallest absolute Gasteiger partial charge is 0.335 e. The number of hydrogen-bond donors (Lipinski definition) is 1. The second-order valence-electron chi connectivity index (χ2n) is 5.11. The fourth-order valence-electron chi connectivity index (χ4n) is 2.07. The Bertz CT molecular complexity index is 838. The van der Waals surface area contributed by atoms with Gasteiger partial charge in [-0.25, -0.2) is 13.2 Å². The molecule has 0 atom stereocenters. The largest absolute Gasteiger partial charge is 0.478 e. The quantitative estimate of drug-likeness (QED) is 0.935. The Labute approximate surface area is 129 Å². The van der Waals surface area contributed by atoms with Crippen LogP contribution < -0.4 is 4.74 Å². The van der Waals surface area contributed by atoms with E-state index in [9.17, 15) is 13.2 Å². The Kier molecular flexibility index (Phi) is 4.23.